The summed E-state index contributed by atoms with van der Waals surface area (Å²) in [7, 11) is 2.80. The molecule has 6 nitrogen and oxygen atoms in total. The molecule has 0 aliphatic rings. The number of hydrogen-bond acceptors (Lipinski definition) is 5. The molecule has 0 fully saturated rings. The normalized spacial score (nSPS) is 10.5. The second-order valence-electron chi connectivity index (χ2n) is 6.14. The zero-order valence-corrected chi connectivity index (χ0v) is 15.0. The molecule has 0 bridgehead atoms. The fourth-order valence-electron chi connectivity index (χ4n) is 2.32. The summed E-state index contributed by atoms with van der Waals surface area (Å²) >= 11 is 0. The van der Waals surface area contributed by atoms with Gasteiger partial charge in [0.25, 0.3) is 5.91 Å². The lowest BCUT2D eigenvalue weighted by molar-refractivity contribution is -0.132. The molecule has 0 aliphatic heterocycles. The Balaban J connectivity index is 3.52. The van der Waals surface area contributed by atoms with Gasteiger partial charge in [0, 0.05) is 12.5 Å². The van der Waals surface area contributed by atoms with Crippen molar-refractivity contribution in [1.29, 1.82) is 5.26 Å². The van der Waals surface area contributed by atoms with Crippen LogP contribution in [0.4, 0.5) is 0 Å². The van der Waals surface area contributed by atoms with Crippen LogP contribution in [0.3, 0.4) is 0 Å². The number of nitrogens with zero attached hydrogens (tertiary/aromatic N) is 2. The van der Waals surface area contributed by atoms with Crippen LogP contribution in [0.2, 0.25) is 0 Å². The van der Waals surface area contributed by atoms with E-state index < -0.39 is 5.91 Å². The molecule has 130 valence electrons. The zero-order chi connectivity index (χ0) is 18.4. The number of carbonyl (C=O) groups excluding carboxylic acids is 2. The monoisotopic (exact) mass is 332 g/mol. The van der Waals surface area contributed by atoms with Crippen LogP contribution in [0.1, 0.15) is 43.6 Å². The Morgan fingerprint density at radius 2 is 1.79 bits per heavy atom. The van der Waals surface area contributed by atoms with E-state index in [1.807, 2.05) is 19.9 Å². The molecule has 24 heavy (non-hydrogen) atoms. The Kier molecular flexibility index (Phi) is 6.78. The van der Waals surface area contributed by atoms with Crippen LogP contribution in [0.15, 0.2) is 12.1 Å². The fraction of sp³-hybridized carbons (Fsp3) is 0.500. The third kappa shape index (κ3) is 4.05. The van der Waals surface area contributed by atoms with Crippen LogP contribution in [-0.2, 0) is 4.79 Å². The lowest BCUT2D eigenvalue weighted by atomic mass is 10.0. The van der Waals surface area contributed by atoms with Crippen LogP contribution < -0.4 is 9.47 Å². The molecule has 0 heterocycles. The van der Waals surface area contributed by atoms with Gasteiger partial charge in [-0.25, -0.2) is 0 Å². The van der Waals surface area contributed by atoms with E-state index in [1.165, 1.54) is 31.3 Å². The number of hydrogen-bond donors (Lipinski definition) is 0. The first-order chi connectivity index (χ1) is 11.3. The van der Waals surface area contributed by atoms with Gasteiger partial charge >= 0.3 is 0 Å². The molecule has 0 saturated carbocycles. The van der Waals surface area contributed by atoms with Crippen molar-refractivity contribution < 1.29 is 19.1 Å². The van der Waals surface area contributed by atoms with Crippen molar-refractivity contribution in [3.63, 3.8) is 0 Å². The number of benzene rings is 1. The van der Waals surface area contributed by atoms with Crippen LogP contribution in [-0.4, -0.2) is 37.5 Å². The van der Waals surface area contributed by atoms with Gasteiger partial charge in [0.2, 0.25) is 5.91 Å². The lowest BCUT2D eigenvalue weighted by Gasteiger charge is -2.26. The van der Waals surface area contributed by atoms with Gasteiger partial charge in [-0.1, -0.05) is 27.7 Å². The first-order valence-corrected chi connectivity index (χ1v) is 7.79. The second kappa shape index (κ2) is 8.34. The molecule has 0 N–H and O–H groups in total. The Morgan fingerprint density at radius 1 is 1.17 bits per heavy atom. The van der Waals surface area contributed by atoms with Crippen molar-refractivity contribution in [2.24, 2.45) is 11.8 Å². The highest BCUT2D eigenvalue weighted by molar-refractivity contribution is 6.08. The van der Waals surface area contributed by atoms with Crippen molar-refractivity contribution in [1.82, 2.24) is 4.90 Å². The van der Waals surface area contributed by atoms with E-state index in [-0.39, 0.29) is 46.9 Å². The van der Waals surface area contributed by atoms with Gasteiger partial charge in [0.15, 0.2) is 5.75 Å². The molecule has 6 heteroatoms. The van der Waals surface area contributed by atoms with Gasteiger partial charge in [-0.05, 0) is 18.1 Å². The number of methoxy groups -OCH3 is 2. The van der Waals surface area contributed by atoms with E-state index >= 15 is 0 Å². The molecule has 1 aromatic rings. The maximum Gasteiger partial charge on any atom is 0.268 e. The maximum absolute atomic E-state index is 13.1. The first kappa shape index (κ1) is 19.5. The minimum absolute atomic E-state index is 0.0914. The Bertz CT molecular complexity index is 660. The highest BCUT2D eigenvalue weighted by Crippen LogP contribution is 2.33. The number of imide groups is 1. The molecule has 0 aromatic heterocycles. The summed E-state index contributed by atoms with van der Waals surface area (Å²) in [5.41, 5.74) is 0.303. The van der Waals surface area contributed by atoms with Gasteiger partial charge in [0.05, 0.1) is 19.8 Å². The highest BCUT2D eigenvalue weighted by Gasteiger charge is 2.31. The molecule has 1 aromatic carbocycles. The Morgan fingerprint density at radius 3 is 2.21 bits per heavy atom. The number of carbonyl (C=O) groups is 2. The predicted octanol–water partition coefficient (Wildman–Crippen LogP) is 2.86. The molecular formula is C18H24N2O4. The first-order valence-electron chi connectivity index (χ1n) is 7.79. The van der Waals surface area contributed by atoms with Gasteiger partial charge in [-0.3, -0.25) is 14.5 Å². The van der Waals surface area contributed by atoms with E-state index in [1.54, 1.807) is 13.8 Å². The average Bonchev–Trinajstić information content (AvgIpc) is 2.56. The summed E-state index contributed by atoms with van der Waals surface area (Å²) in [6, 6.07) is 5.04. The van der Waals surface area contributed by atoms with Crippen molar-refractivity contribution in [2.75, 3.05) is 20.8 Å². The molecule has 0 unspecified atom stereocenters. The van der Waals surface area contributed by atoms with Gasteiger partial charge < -0.3 is 9.47 Å². The fourth-order valence-corrected chi connectivity index (χ4v) is 2.32. The summed E-state index contributed by atoms with van der Waals surface area (Å²) in [5.74, 6) is -0.640. The number of amides is 2. The number of ether oxygens (including phenoxy) is 2. The van der Waals surface area contributed by atoms with E-state index in [4.69, 9.17) is 9.47 Å². The van der Waals surface area contributed by atoms with E-state index in [9.17, 15) is 14.9 Å². The smallest absolute Gasteiger partial charge is 0.268 e. The van der Waals surface area contributed by atoms with E-state index in [0.717, 1.165) is 0 Å². The molecule has 0 saturated heterocycles. The minimum atomic E-state index is -0.520. The topological polar surface area (TPSA) is 79.6 Å². The minimum Gasteiger partial charge on any atom is -0.496 e. The van der Waals surface area contributed by atoms with Crippen LogP contribution >= 0.6 is 0 Å². The highest BCUT2D eigenvalue weighted by atomic mass is 16.5. The Labute approximate surface area is 143 Å². The quantitative estimate of drug-likeness (QED) is 0.800. The summed E-state index contributed by atoms with van der Waals surface area (Å²) in [5, 5.41) is 9.24. The summed E-state index contributed by atoms with van der Waals surface area (Å²) < 4.78 is 10.5. The van der Waals surface area contributed by atoms with E-state index in [0.29, 0.717) is 0 Å². The van der Waals surface area contributed by atoms with Crippen molar-refractivity contribution >= 4 is 11.8 Å². The summed E-state index contributed by atoms with van der Waals surface area (Å²) in [6.07, 6.45) is 0. The second-order valence-corrected chi connectivity index (χ2v) is 6.14. The van der Waals surface area contributed by atoms with Gasteiger partial charge in [0.1, 0.15) is 17.4 Å². The van der Waals surface area contributed by atoms with Crippen molar-refractivity contribution in [3.8, 4) is 17.6 Å². The third-order valence-electron chi connectivity index (χ3n) is 3.43. The van der Waals surface area contributed by atoms with Crippen molar-refractivity contribution in [3.05, 3.63) is 23.3 Å². The number of nitriles is 1. The maximum atomic E-state index is 13.1. The van der Waals surface area contributed by atoms with Gasteiger partial charge in [-0.2, -0.15) is 5.26 Å². The molecule has 2 amide bonds. The molecule has 0 aliphatic carbocycles. The molecule has 0 spiro atoms. The molecular weight excluding hydrogens is 308 g/mol. The summed E-state index contributed by atoms with van der Waals surface area (Å²) in [6.45, 7) is 7.60. The molecule has 0 radical (unpaired) electrons. The molecule has 0 atom stereocenters. The Hall–Kier alpha value is -2.55. The number of rotatable bonds is 6. The lowest BCUT2D eigenvalue weighted by Crippen LogP contribution is -2.42. The van der Waals surface area contributed by atoms with Crippen LogP contribution in [0.25, 0.3) is 0 Å². The van der Waals surface area contributed by atoms with Crippen LogP contribution in [0, 0.1) is 23.2 Å². The summed E-state index contributed by atoms with van der Waals surface area (Å²) in [4.78, 5) is 26.8. The largest absolute Gasteiger partial charge is 0.496 e. The average molecular weight is 332 g/mol. The molecule has 1 rings (SSSR count). The predicted molar refractivity (Wildman–Crippen MR) is 90.0 cm³/mol. The van der Waals surface area contributed by atoms with Gasteiger partial charge in [-0.15, -0.1) is 0 Å². The van der Waals surface area contributed by atoms with Crippen LogP contribution in [0.5, 0.6) is 11.5 Å². The third-order valence-corrected chi connectivity index (χ3v) is 3.43. The zero-order valence-electron chi connectivity index (χ0n) is 15.0. The van der Waals surface area contributed by atoms with Crippen molar-refractivity contribution in [2.45, 2.75) is 27.7 Å². The standard InChI is InChI=1S/C18H24N2O4/c1-11(2)10-20(17(21)12(3)4)18(22)15-14(23-5)8-7-13(9-19)16(15)24-6/h7-8,11-12H,10H2,1-6H3. The van der Waals surface area contributed by atoms with E-state index in [2.05, 4.69) is 0 Å². The SMILES string of the molecule is COc1ccc(C#N)c(OC)c1C(=O)N(CC(C)C)C(=O)C(C)C.